The molecule has 0 aromatic heterocycles. The van der Waals surface area contributed by atoms with Crippen LogP contribution in [-0.2, 0) is 6.18 Å². The van der Waals surface area contributed by atoms with Gasteiger partial charge in [0.2, 0.25) is 0 Å². The molecule has 1 rings (SSSR count). The average Bonchev–Trinajstić information content (AvgIpc) is 2.32. The number of hydrogen-bond donors (Lipinski definition) is 0. The van der Waals surface area contributed by atoms with Gasteiger partial charge in [0.25, 0.3) is 0 Å². The van der Waals surface area contributed by atoms with Gasteiger partial charge in [0.1, 0.15) is 5.75 Å². The Morgan fingerprint density at radius 3 is 2.25 bits per heavy atom. The van der Waals surface area contributed by atoms with Gasteiger partial charge in [-0.1, -0.05) is 0 Å². The highest BCUT2D eigenvalue weighted by Gasteiger charge is 2.34. The average molecular weight is 297 g/mol. The fraction of sp³-hybridized carbons (Fsp3) is 0.417. The van der Waals surface area contributed by atoms with E-state index in [2.05, 4.69) is 0 Å². The molecule has 0 atom stereocenters. The molecule has 0 spiro atoms. The Hall–Kier alpha value is -1.91. The number of halogens is 6. The van der Waals surface area contributed by atoms with E-state index in [4.69, 9.17) is 10.00 Å². The zero-order valence-electron chi connectivity index (χ0n) is 9.98. The quantitative estimate of drug-likeness (QED) is 0.613. The molecule has 0 heterocycles. The van der Waals surface area contributed by atoms with Crippen molar-refractivity contribution in [3.8, 4) is 11.8 Å². The van der Waals surface area contributed by atoms with Crippen molar-refractivity contribution in [1.82, 2.24) is 0 Å². The molecular weight excluding hydrogens is 288 g/mol. The van der Waals surface area contributed by atoms with Gasteiger partial charge in [-0.2, -0.15) is 31.6 Å². The third-order valence-electron chi connectivity index (χ3n) is 2.29. The summed E-state index contributed by atoms with van der Waals surface area (Å²) < 4.78 is 78.2. The van der Waals surface area contributed by atoms with Crippen LogP contribution in [0.5, 0.6) is 5.75 Å². The van der Waals surface area contributed by atoms with Crippen LogP contribution in [0.2, 0.25) is 0 Å². The third kappa shape index (κ3) is 4.99. The number of ether oxygens (including phenoxy) is 1. The monoisotopic (exact) mass is 297 g/mol. The van der Waals surface area contributed by atoms with Crippen molar-refractivity contribution in [2.75, 3.05) is 6.61 Å². The van der Waals surface area contributed by atoms with Gasteiger partial charge < -0.3 is 4.74 Å². The van der Waals surface area contributed by atoms with E-state index >= 15 is 0 Å². The number of rotatable bonds is 4. The van der Waals surface area contributed by atoms with Gasteiger partial charge >= 0.3 is 12.4 Å². The van der Waals surface area contributed by atoms with E-state index in [0.29, 0.717) is 6.07 Å². The first-order chi connectivity index (χ1) is 9.13. The van der Waals surface area contributed by atoms with Gasteiger partial charge in [0, 0.05) is 6.42 Å². The zero-order chi connectivity index (χ0) is 15.4. The van der Waals surface area contributed by atoms with Crippen LogP contribution < -0.4 is 4.74 Å². The first-order valence-electron chi connectivity index (χ1n) is 5.44. The maximum Gasteiger partial charge on any atom is 0.417 e. The summed E-state index contributed by atoms with van der Waals surface area (Å²) in [5.74, 6) is -0.224. The molecular formula is C12H9F6NO. The molecule has 110 valence electrons. The largest absolute Gasteiger partial charge is 0.494 e. The van der Waals surface area contributed by atoms with Gasteiger partial charge in [-0.25, -0.2) is 0 Å². The highest BCUT2D eigenvalue weighted by Crippen LogP contribution is 2.34. The first-order valence-corrected chi connectivity index (χ1v) is 5.44. The fourth-order valence-electron chi connectivity index (χ4n) is 1.41. The van der Waals surface area contributed by atoms with Crippen molar-refractivity contribution in [1.29, 1.82) is 5.26 Å². The third-order valence-corrected chi connectivity index (χ3v) is 2.29. The first kappa shape index (κ1) is 16.1. The van der Waals surface area contributed by atoms with Crippen molar-refractivity contribution in [2.45, 2.75) is 25.2 Å². The summed E-state index contributed by atoms with van der Waals surface area (Å²) in [5.41, 5.74) is -1.74. The predicted molar refractivity (Wildman–Crippen MR) is 56.9 cm³/mol. The van der Waals surface area contributed by atoms with Gasteiger partial charge in [0.15, 0.2) is 0 Å². The fourth-order valence-corrected chi connectivity index (χ4v) is 1.41. The Morgan fingerprint density at radius 2 is 1.75 bits per heavy atom. The number of nitrogens with zero attached hydrogens (tertiary/aromatic N) is 1. The molecule has 0 fully saturated rings. The molecule has 8 heteroatoms. The van der Waals surface area contributed by atoms with Crippen molar-refractivity contribution >= 4 is 0 Å². The lowest BCUT2D eigenvalue weighted by molar-refractivity contribution is -0.137. The maximum absolute atomic E-state index is 12.6. The van der Waals surface area contributed by atoms with E-state index < -0.39 is 29.9 Å². The van der Waals surface area contributed by atoms with Crippen LogP contribution in [-0.4, -0.2) is 12.8 Å². The van der Waals surface area contributed by atoms with Crippen molar-refractivity contribution < 1.29 is 31.1 Å². The summed E-state index contributed by atoms with van der Waals surface area (Å²) in [4.78, 5) is 0. The Balaban J connectivity index is 2.72. The summed E-state index contributed by atoms with van der Waals surface area (Å²) >= 11 is 0. The molecule has 0 aliphatic heterocycles. The Morgan fingerprint density at radius 1 is 1.10 bits per heavy atom. The Labute approximate surface area is 110 Å². The lowest BCUT2D eigenvalue weighted by Crippen LogP contribution is -2.11. The second-order valence-corrected chi connectivity index (χ2v) is 3.88. The number of hydrogen-bond acceptors (Lipinski definition) is 2. The van der Waals surface area contributed by atoms with Crippen LogP contribution in [0.1, 0.15) is 24.0 Å². The molecule has 1 aromatic carbocycles. The minimum absolute atomic E-state index is 0.224. The minimum Gasteiger partial charge on any atom is -0.494 e. The molecule has 0 unspecified atom stereocenters. The van der Waals surface area contributed by atoms with E-state index in [0.717, 1.165) is 12.1 Å². The normalized spacial score (nSPS) is 12.1. The second kappa shape index (κ2) is 6.03. The lowest BCUT2D eigenvalue weighted by atomic mass is 10.1. The SMILES string of the molecule is N#Cc1ccc(OCCCC(F)(F)F)cc1C(F)(F)F. The standard InChI is InChI=1S/C12H9F6NO/c13-11(14,15)4-1-5-20-9-3-2-8(7-19)10(6-9)12(16,17)18/h2-3,6H,1,4-5H2. The molecule has 0 bridgehead atoms. The predicted octanol–water partition coefficient (Wildman–Crippen LogP) is 4.30. The molecule has 0 amide bonds. The smallest absolute Gasteiger partial charge is 0.417 e. The van der Waals surface area contributed by atoms with E-state index in [1.54, 1.807) is 0 Å². The highest BCUT2D eigenvalue weighted by molar-refractivity contribution is 5.44. The molecule has 20 heavy (non-hydrogen) atoms. The van der Waals surface area contributed by atoms with Crippen LogP contribution >= 0.6 is 0 Å². The van der Waals surface area contributed by atoms with Gasteiger partial charge in [-0.05, 0) is 24.6 Å². The summed E-state index contributed by atoms with van der Waals surface area (Å²) in [6, 6.07) is 4.03. The molecule has 0 aliphatic rings. The summed E-state index contributed by atoms with van der Waals surface area (Å²) in [7, 11) is 0. The van der Waals surface area contributed by atoms with Crippen LogP contribution in [0, 0.1) is 11.3 Å². The Kier molecular flexibility index (Phi) is 4.87. The second-order valence-electron chi connectivity index (χ2n) is 3.88. The molecule has 0 N–H and O–H groups in total. The summed E-state index contributed by atoms with van der Waals surface area (Å²) in [6.45, 7) is -0.358. The molecule has 0 aliphatic carbocycles. The number of nitriles is 1. The summed E-state index contributed by atoms with van der Waals surface area (Å²) in [5, 5.41) is 8.56. The van der Waals surface area contributed by atoms with Crippen molar-refractivity contribution in [3.63, 3.8) is 0 Å². The van der Waals surface area contributed by atoms with Crippen molar-refractivity contribution in [2.24, 2.45) is 0 Å². The lowest BCUT2D eigenvalue weighted by Gasteiger charge is -2.12. The van der Waals surface area contributed by atoms with E-state index in [-0.39, 0.29) is 18.8 Å². The van der Waals surface area contributed by atoms with E-state index in [9.17, 15) is 26.3 Å². The van der Waals surface area contributed by atoms with Crippen LogP contribution in [0.25, 0.3) is 0 Å². The topological polar surface area (TPSA) is 33.0 Å². The molecule has 0 saturated carbocycles. The maximum atomic E-state index is 12.6. The van der Waals surface area contributed by atoms with Gasteiger partial charge in [-0.3, -0.25) is 0 Å². The van der Waals surface area contributed by atoms with Crippen LogP contribution in [0.15, 0.2) is 18.2 Å². The van der Waals surface area contributed by atoms with Crippen LogP contribution in [0.3, 0.4) is 0 Å². The molecule has 1 aromatic rings. The Bertz CT molecular complexity index is 500. The minimum atomic E-state index is -4.73. The molecule has 0 saturated heterocycles. The van der Waals surface area contributed by atoms with Gasteiger partial charge in [-0.15, -0.1) is 0 Å². The van der Waals surface area contributed by atoms with Gasteiger partial charge in [0.05, 0.1) is 23.8 Å². The van der Waals surface area contributed by atoms with Crippen molar-refractivity contribution in [3.05, 3.63) is 29.3 Å². The zero-order valence-corrected chi connectivity index (χ0v) is 9.98. The van der Waals surface area contributed by atoms with E-state index in [1.165, 1.54) is 6.07 Å². The molecule has 2 nitrogen and oxygen atoms in total. The highest BCUT2D eigenvalue weighted by atomic mass is 19.4. The number of benzene rings is 1. The summed E-state index contributed by atoms with van der Waals surface area (Å²) in [6.07, 6.45) is -10.5. The van der Waals surface area contributed by atoms with E-state index in [1.807, 2.05) is 0 Å². The molecule has 0 radical (unpaired) electrons. The van der Waals surface area contributed by atoms with Crippen LogP contribution in [0.4, 0.5) is 26.3 Å². The number of alkyl halides is 6.